The van der Waals surface area contributed by atoms with E-state index in [0.29, 0.717) is 0 Å². The summed E-state index contributed by atoms with van der Waals surface area (Å²) in [5, 5.41) is 2.48. The van der Waals surface area contributed by atoms with E-state index in [0.717, 1.165) is 54.5 Å². The topological polar surface area (TPSA) is 20.3 Å². The molecular formula is C41H37NOS2. The summed E-state index contributed by atoms with van der Waals surface area (Å²) in [5.41, 5.74) is 8.14. The molecule has 2 nitrogen and oxygen atoms in total. The normalized spacial score (nSPS) is 12.9. The van der Waals surface area contributed by atoms with E-state index < -0.39 is 0 Å². The largest absolute Gasteiger partial charge is 0.281 e. The highest BCUT2D eigenvalue weighted by molar-refractivity contribution is 7.17. The lowest BCUT2D eigenvalue weighted by Gasteiger charge is -2.22. The molecule has 0 atom stereocenters. The average molecular weight is 624 g/mol. The molecule has 3 aromatic carbocycles. The van der Waals surface area contributed by atoms with Crippen molar-refractivity contribution in [2.75, 3.05) is 4.90 Å². The fourth-order valence-electron chi connectivity index (χ4n) is 5.78. The maximum absolute atomic E-state index is 13.0. The van der Waals surface area contributed by atoms with Gasteiger partial charge in [-0.05, 0) is 95.6 Å². The lowest BCUT2D eigenvalue weighted by molar-refractivity contribution is -0.115. The first-order chi connectivity index (χ1) is 21.9. The summed E-state index contributed by atoms with van der Waals surface area (Å²) in [7, 11) is 0. The number of hydrogen-bond donors (Lipinski definition) is 0. The van der Waals surface area contributed by atoms with Gasteiger partial charge in [-0.2, -0.15) is 0 Å². The fourth-order valence-corrected chi connectivity index (χ4v) is 8.46. The maximum Gasteiger partial charge on any atom is 0.228 e. The van der Waals surface area contributed by atoms with Crippen molar-refractivity contribution in [3.05, 3.63) is 153 Å². The number of amides is 1. The van der Waals surface area contributed by atoms with Gasteiger partial charge in [0.15, 0.2) is 0 Å². The van der Waals surface area contributed by atoms with E-state index in [4.69, 9.17) is 0 Å². The SMILES string of the molecule is C=C/C(c1ccc(N(C(C)=O)c2ccc(/C(=C/C)c3sc(/C=C\C)c(C=C)c3C=C)cc2)cc1)=c1/sc2ccccc2/c1=C/C. The van der Waals surface area contributed by atoms with Gasteiger partial charge in [-0.1, -0.05) is 98.7 Å². The van der Waals surface area contributed by atoms with Crippen LogP contribution in [0.15, 0.2) is 111 Å². The summed E-state index contributed by atoms with van der Waals surface area (Å²) >= 11 is 3.51. The van der Waals surface area contributed by atoms with Gasteiger partial charge in [0.2, 0.25) is 5.91 Å². The first kappa shape index (κ1) is 31.6. The van der Waals surface area contributed by atoms with Gasteiger partial charge in [0, 0.05) is 42.8 Å². The Bertz CT molecular complexity index is 2100. The molecule has 0 saturated carbocycles. The highest BCUT2D eigenvalue weighted by Crippen LogP contribution is 2.39. The van der Waals surface area contributed by atoms with E-state index in [1.807, 2.05) is 55.5 Å². The lowest BCUT2D eigenvalue weighted by atomic mass is 9.98. The van der Waals surface area contributed by atoms with Crippen LogP contribution in [0.3, 0.4) is 0 Å². The standard InChI is InChI=1S/C41H37NOS2/c1-8-16-38-34(11-4)35(12-5)40(44-38)32(9-2)28-19-23-30(24-20-28)42(27(7)43)31-25-21-29(22-26-31)33(10-3)41-36(13-6)37-17-14-15-18-39(37)45-41/h8-26H,3-5H2,1-2,6-7H3/b16-8-,32-9-,36-13-,41-33-. The molecule has 0 bridgehead atoms. The number of hydrogen-bond acceptors (Lipinski definition) is 3. The number of carbonyl (C=O) groups is 1. The molecule has 4 heteroatoms. The minimum absolute atomic E-state index is 0.0547. The Morgan fingerprint density at radius 3 is 1.93 bits per heavy atom. The van der Waals surface area contributed by atoms with Crippen LogP contribution in [0.2, 0.25) is 0 Å². The van der Waals surface area contributed by atoms with Gasteiger partial charge in [0.1, 0.15) is 0 Å². The molecule has 0 unspecified atom stereocenters. The fraction of sp³-hybridized carbons (Fsp3) is 0.0976. The summed E-state index contributed by atoms with van der Waals surface area (Å²) in [6, 6.07) is 24.8. The van der Waals surface area contributed by atoms with E-state index >= 15 is 0 Å². The lowest BCUT2D eigenvalue weighted by Crippen LogP contribution is -2.23. The summed E-state index contributed by atoms with van der Waals surface area (Å²) in [4.78, 5) is 17.1. The van der Waals surface area contributed by atoms with E-state index in [-0.39, 0.29) is 5.91 Å². The van der Waals surface area contributed by atoms with Crippen LogP contribution < -0.4 is 14.7 Å². The molecule has 0 N–H and O–H groups in total. The van der Waals surface area contributed by atoms with E-state index in [9.17, 15) is 4.79 Å². The Kier molecular flexibility index (Phi) is 9.77. The third-order valence-electron chi connectivity index (χ3n) is 7.83. The predicted octanol–water partition coefficient (Wildman–Crippen LogP) is 10.6. The van der Waals surface area contributed by atoms with Crippen molar-refractivity contribution in [3.8, 4) is 0 Å². The second kappa shape index (κ2) is 13.9. The predicted molar refractivity (Wildman–Crippen MR) is 202 cm³/mol. The maximum atomic E-state index is 13.0. The average Bonchev–Trinajstić information content (AvgIpc) is 3.60. The second-order valence-corrected chi connectivity index (χ2v) is 12.5. The van der Waals surface area contributed by atoms with Crippen LogP contribution >= 0.6 is 22.7 Å². The number of nitrogens with zero attached hydrogens (tertiary/aromatic N) is 1. The second-order valence-electron chi connectivity index (χ2n) is 10.4. The van der Waals surface area contributed by atoms with Crippen molar-refractivity contribution in [3.63, 3.8) is 0 Å². The molecule has 0 radical (unpaired) electrons. The van der Waals surface area contributed by atoms with Crippen LogP contribution in [0.25, 0.3) is 45.5 Å². The molecule has 224 valence electrons. The van der Waals surface area contributed by atoms with Crippen molar-refractivity contribution >= 4 is 85.5 Å². The summed E-state index contributed by atoms with van der Waals surface area (Å²) < 4.78 is 2.45. The van der Waals surface area contributed by atoms with Gasteiger partial charge >= 0.3 is 0 Å². The van der Waals surface area contributed by atoms with Gasteiger partial charge in [-0.15, -0.1) is 22.7 Å². The van der Waals surface area contributed by atoms with Crippen molar-refractivity contribution < 1.29 is 4.79 Å². The molecule has 0 fully saturated rings. The highest BCUT2D eigenvalue weighted by Gasteiger charge is 2.19. The van der Waals surface area contributed by atoms with E-state index in [1.54, 1.807) is 34.5 Å². The van der Waals surface area contributed by atoms with Crippen LogP contribution in [0.1, 0.15) is 59.7 Å². The number of fused-ring (bicyclic) bond motifs is 1. The molecule has 2 heterocycles. The summed E-state index contributed by atoms with van der Waals surface area (Å²) in [6.07, 6.45) is 14.2. The van der Waals surface area contributed by atoms with Crippen LogP contribution in [0.5, 0.6) is 0 Å². The quantitative estimate of drug-likeness (QED) is 0.160. The van der Waals surface area contributed by atoms with Crippen molar-refractivity contribution in [1.29, 1.82) is 0 Å². The Hall–Kier alpha value is -4.77. The van der Waals surface area contributed by atoms with E-state index in [2.05, 4.69) is 100 Å². The van der Waals surface area contributed by atoms with Gasteiger partial charge in [-0.25, -0.2) is 0 Å². The van der Waals surface area contributed by atoms with Crippen LogP contribution in [0.4, 0.5) is 11.4 Å². The highest BCUT2D eigenvalue weighted by atomic mass is 32.1. The third-order valence-corrected chi connectivity index (χ3v) is 10.3. The number of anilines is 2. The molecule has 0 spiro atoms. The van der Waals surface area contributed by atoms with Gasteiger partial charge in [0.25, 0.3) is 0 Å². The van der Waals surface area contributed by atoms with Crippen LogP contribution in [-0.4, -0.2) is 5.91 Å². The molecule has 0 aliphatic heterocycles. The number of allylic oxidation sites excluding steroid dienone is 3. The van der Waals surface area contributed by atoms with Crippen molar-refractivity contribution in [2.24, 2.45) is 0 Å². The Balaban J connectivity index is 1.51. The molecule has 45 heavy (non-hydrogen) atoms. The minimum atomic E-state index is -0.0547. The first-order valence-corrected chi connectivity index (χ1v) is 16.6. The third kappa shape index (κ3) is 6.00. The molecular weight excluding hydrogens is 587 g/mol. The molecule has 1 amide bonds. The zero-order valence-corrected chi connectivity index (χ0v) is 27.9. The molecule has 0 aliphatic carbocycles. The van der Waals surface area contributed by atoms with Crippen molar-refractivity contribution in [2.45, 2.75) is 27.7 Å². The molecule has 2 aromatic heterocycles. The molecule has 0 aliphatic rings. The monoisotopic (exact) mass is 623 g/mol. The Morgan fingerprint density at radius 1 is 0.778 bits per heavy atom. The number of rotatable bonds is 9. The zero-order valence-electron chi connectivity index (χ0n) is 26.3. The smallest absolute Gasteiger partial charge is 0.228 e. The molecule has 5 aromatic rings. The van der Waals surface area contributed by atoms with Crippen LogP contribution in [0, 0.1) is 0 Å². The number of carbonyl (C=O) groups excluding carboxylic acids is 1. The van der Waals surface area contributed by atoms with E-state index in [1.165, 1.54) is 19.8 Å². The Labute approximate surface area is 274 Å². The zero-order chi connectivity index (χ0) is 32.1. The molecule has 5 rings (SSSR count). The van der Waals surface area contributed by atoms with Gasteiger partial charge < -0.3 is 0 Å². The summed E-state index contributed by atoms with van der Waals surface area (Å²) in [6.45, 7) is 20.0. The Morgan fingerprint density at radius 2 is 1.40 bits per heavy atom. The van der Waals surface area contributed by atoms with Crippen LogP contribution in [-0.2, 0) is 4.79 Å². The first-order valence-electron chi connectivity index (χ1n) is 14.9. The van der Waals surface area contributed by atoms with Crippen molar-refractivity contribution in [1.82, 2.24) is 0 Å². The minimum Gasteiger partial charge on any atom is -0.281 e. The van der Waals surface area contributed by atoms with Gasteiger partial charge in [-0.3, -0.25) is 9.69 Å². The summed E-state index contributed by atoms with van der Waals surface area (Å²) in [5.74, 6) is -0.0547. The molecule has 0 saturated heterocycles. The number of thiophene rings is 2. The number of benzene rings is 3. The van der Waals surface area contributed by atoms with Gasteiger partial charge in [0.05, 0.1) is 0 Å².